The summed E-state index contributed by atoms with van der Waals surface area (Å²) >= 11 is 0. The van der Waals surface area contributed by atoms with Gasteiger partial charge in [0.05, 0.1) is 11.8 Å². The molecule has 3 atom stereocenters. The highest BCUT2D eigenvalue weighted by Gasteiger charge is 2.29. The lowest BCUT2D eigenvalue weighted by molar-refractivity contribution is 0.117. The second-order valence-corrected chi connectivity index (χ2v) is 8.29. The van der Waals surface area contributed by atoms with Gasteiger partial charge >= 0.3 is 0 Å². The zero-order valence-corrected chi connectivity index (χ0v) is 16.5. The molecule has 0 spiro atoms. The summed E-state index contributed by atoms with van der Waals surface area (Å²) in [6.07, 6.45) is 4.39. The van der Waals surface area contributed by atoms with Gasteiger partial charge in [-0.05, 0) is 62.3 Å². The number of anilines is 1. The molecule has 1 aliphatic carbocycles. The van der Waals surface area contributed by atoms with Gasteiger partial charge in [-0.15, -0.1) is 0 Å². The van der Waals surface area contributed by atoms with E-state index < -0.39 is 6.10 Å². The average Bonchev–Trinajstić information content (AvgIpc) is 2.82. The number of para-hydroxylation sites is 1. The molecule has 2 heterocycles. The van der Waals surface area contributed by atoms with Crippen molar-refractivity contribution in [3.8, 4) is 0 Å². The molecule has 0 bridgehead atoms. The van der Waals surface area contributed by atoms with Crippen LogP contribution in [0.1, 0.15) is 42.7 Å². The van der Waals surface area contributed by atoms with Gasteiger partial charge in [0.2, 0.25) is 0 Å². The van der Waals surface area contributed by atoms with Gasteiger partial charge in [-0.1, -0.05) is 24.3 Å². The Morgan fingerprint density at radius 2 is 2.00 bits per heavy atom. The van der Waals surface area contributed by atoms with Crippen molar-refractivity contribution in [2.24, 2.45) is 5.92 Å². The molecule has 27 heavy (non-hydrogen) atoms. The van der Waals surface area contributed by atoms with Crippen LogP contribution in [0.5, 0.6) is 0 Å². The van der Waals surface area contributed by atoms with E-state index >= 15 is 0 Å². The summed E-state index contributed by atoms with van der Waals surface area (Å²) in [5.41, 5.74) is 4.86. The SMILES string of the molecule is Cc1ccccc1N1CCN(CC2CCc3cccnc3[C@@H](O)C2)C[C@H]1C. The Balaban J connectivity index is 1.37. The number of benzene rings is 1. The quantitative estimate of drug-likeness (QED) is 0.844. The van der Waals surface area contributed by atoms with Crippen LogP contribution in [0, 0.1) is 12.8 Å². The van der Waals surface area contributed by atoms with Gasteiger partial charge in [-0.25, -0.2) is 0 Å². The fraction of sp³-hybridized carbons (Fsp3) is 0.522. The lowest BCUT2D eigenvalue weighted by Crippen LogP contribution is -2.53. The van der Waals surface area contributed by atoms with Gasteiger partial charge in [-0.2, -0.15) is 0 Å². The van der Waals surface area contributed by atoms with Crippen molar-refractivity contribution in [2.75, 3.05) is 31.1 Å². The number of aryl methyl sites for hydroxylation is 2. The zero-order chi connectivity index (χ0) is 18.8. The third kappa shape index (κ3) is 4.02. The predicted octanol–water partition coefficient (Wildman–Crippen LogP) is 3.59. The monoisotopic (exact) mass is 365 g/mol. The maximum absolute atomic E-state index is 10.6. The molecule has 1 fully saturated rings. The number of nitrogens with zero attached hydrogens (tertiary/aromatic N) is 3. The molecular weight excluding hydrogens is 334 g/mol. The van der Waals surface area contributed by atoms with E-state index in [0.717, 1.165) is 51.1 Å². The van der Waals surface area contributed by atoms with Crippen LogP contribution < -0.4 is 4.90 Å². The maximum atomic E-state index is 10.6. The van der Waals surface area contributed by atoms with Gasteiger partial charge in [0, 0.05) is 44.1 Å². The summed E-state index contributed by atoms with van der Waals surface area (Å²) in [6, 6.07) is 13.3. The van der Waals surface area contributed by atoms with Gasteiger partial charge in [0.25, 0.3) is 0 Å². The first-order valence-electron chi connectivity index (χ1n) is 10.3. The molecule has 2 aliphatic rings. The van der Waals surface area contributed by atoms with Crippen LogP contribution in [0.3, 0.4) is 0 Å². The molecule has 4 rings (SSSR count). The third-order valence-corrected chi connectivity index (χ3v) is 6.27. The Labute approximate surface area is 162 Å². The molecule has 1 saturated heterocycles. The Bertz CT molecular complexity index is 778. The molecule has 0 amide bonds. The van der Waals surface area contributed by atoms with Gasteiger partial charge in [-0.3, -0.25) is 9.88 Å². The maximum Gasteiger partial charge on any atom is 0.0965 e. The van der Waals surface area contributed by atoms with Crippen molar-refractivity contribution in [3.05, 3.63) is 59.4 Å². The standard InChI is InChI=1S/C23H31N3O/c1-17-6-3-4-8-21(17)26-13-12-25(15-18(26)2)16-19-9-10-20-7-5-11-24-23(20)22(27)14-19/h3-8,11,18-19,22,27H,9-10,12-16H2,1-2H3/t18-,19?,22+/m1/s1. The number of rotatable bonds is 3. The molecule has 1 unspecified atom stereocenters. The molecule has 4 heteroatoms. The van der Waals surface area contributed by atoms with E-state index in [-0.39, 0.29) is 0 Å². The van der Waals surface area contributed by atoms with E-state index in [1.807, 2.05) is 6.07 Å². The van der Waals surface area contributed by atoms with Crippen LogP contribution in [-0.2, 0) is 6.42 Å². The molecule has 1 aromatic heterocycles. The van der Waals surface area contributed by atoms with Crippen molar-refractivity contribution in [3.63, 3.8) is 0 Å². The Morgan fingerprint density at radius 3 is 2.81 bits per heavy atom. The molecule has 4 nitrogen and oxygen atoms in total. The van der Waals surface area contributed by atoms with Crippen LogP contribution in [-0.4, -0.2) is 47.2 Å². The van der Waals surface area contributed by atoms with Crippen molar-refractivity contribution in [1.82, 2.24) is 9.88 Å². The number of pyridine rings is 1. The minimum Gasteiger partial charge on any atom is -0.387 e. The third-order valence-electron chi connectivity index (χ3n) is 6.27. The normalized spacial score (nSPS) is 26.5. The number of aliphatic hydroxyl groups is 1. The minimum atomic E-state index is -0.417. The summed E-state index contributed by atoms with van der Waals surface area (Å²) in [6.45, 7) is 8.87. The smallest absolute Gasteiger partial charge is 0.0965 e. The molecule has 1 aromatic carbocycles. The number of aliphatic hydroxyl groups excluding tert-OH is 1. The Kier molecular flexibility index (Phi) is 5.46. The number of piperazine rings is 1. The molecule has 2 aromatic rings. The van der Waals surface area contributed by atoms with E-state index in [1.165, 1.54) is 16.8 Å². The molecule has 0 saturated carbocycles. The van der Waals surface area contributed by atoms with Gasteiger partial charge < -0.3 is 10.0 Å². The number of fused-ring (bicyclic) bond motifs is 1. The minimum absolute atomic E-state index is 0.417. The Hall–Kier alpha value is -1.91. The number of aromatic nitrogens is 1. The highest BCUT2D eigenvalue weighted by Crippen LogP contribution is 2.32. The molecule has 0 radical (unpaired) electrons. The summed E-state index contributed by atoms with van der Waals surface area (Å²) < 4.78 is 0. The first-order chi connectivity index (χ1) is 13.1. The molecule has 1 aliphatic heterocycles. The summed E-state index contributed by atoms with van der Waals surface area (Å²) in [4.78, 5) is 9.58. The van der Waals surface area contributed by atoms with Crippen LogP contribution in [0.15, 0.2) is 42.6 Å². The van der Waals surface area contributed by atoms with Crippen LogP contribution in [0.4, 0.5) is 5.69 Å². The first kappa shape index (κ1) is 18.5. The van der Waals surface area contributed by atoms with Crippen molar-refractivity contribution in [2.45, 2.75) is 45.3 Å². The number of hydrogen-bond donors (Lipinski definition) is 1. The average molecular weight is 366 g/mol. The lowest BCUT2D eigenvalue weighted by atomic mass is 9.97. The topological polar surface area (TPSA) is 39.6 Å². The highest BCUT2D eigenvalue weighted by molar-refractivity contribution is 5.54. The second kappa shape index (κ2) is 7.99. The molecule has 144 valence electrons. The first-order valence-corrected chi connectivity index (χ1v) is 10.3. The molecule has 1 N–H and O–H groups in total. The Morgan fingerprint density at radius 1 is 1.15 bits per heavy atom. The second-order valence-electron chi connectivity index (χ2n) is 8.29. The highest BCUT2D eigenvalue weighted by atomic mass is 16.3. The van der Waals surface area contributed by atoms with Crippen LogP contribution in [0.2, 0.25) is 0 Å². The summed E-state index contributed by atoms with van der Waals surface area (Å²) in [5, 5.41) is 10.6. The van der Waals surface area contributed by atoms with E-state index in [1.54, 1.807) is 6.20 Å². The fourth-order valence-electron chi connectivity index (χ4n) is 4.84. The summed E-state index contributed by atoms with van der Waals surface area (Å²) in [7, 11) is 0. The van der Waals surface area contributed by atoms with Crippen molar-refractivity contribution in [1.29, 1.82) is 0 Å². The summed E-state index contributed by atoms with van der Waals surface area (Å²) in [5.74, 6) is 0.534. The van der Waals surface area contributed by atoms with E-state index in [2.05, 4.69) is 59.0 Å². The fourth-order valence-corrected chi connectivity index (χ4v) is 4.84. The van der Waals surface area contributed by atoms with Crippen LogP contribution in [0.25, 0.3) is 0 Å². The van der Waals surface area contributed by atoms with Crippen molar-refractivity contribution < 1.29 is 5.11 Å². The predicted molar refractivity (Wildman–Crippen MR) is 110 cm³/mol. The zero-order valence-electron chi connectivity index (χ0n) is 16.5. The largest absolute Gasteiger partial charge is 0.387 e. The molecular formula is C23H31N3O. The van der Waals surface area contributed by atoms with E-state index in [4.69, 9.17) is 0 Å². The van der Waals surface area contributed by atoms with Gasteiger partial charge in [0.1, 0.15) is 0 Å². The number of hydrogen-bond acceptors (Lipinski definition) is 4. The van der Waals surface area contributed by atoms with E-state index in [9.17, 15) is 5.11 Å². The van der Waals surface area contributed by atoms with Gasteiger partial charge in [0.15, 0.2) is 0 Å². The van der Waals surface area contributed by atoms with Crippen molar-refractivity contribution >= 4 is 5.69 Å². The van der Waals surface area contributed by atoms with Crippen LogP contribution >= 0.6 is 0 Å². The lowest BCUT2D eigenvalue weighted by Gasteiger charge is -2.43. The van der Waals surface area contributed by atoms with E-state index in [0.29, 0.717) is 12.0 Å².